The molecule has 0 aromatic heterocycles. The van der Waals surface area contributed by atoms with E-state index in [9.17, 15) is 4.79 Å². The van der Waals surface area contributed by atoms with Gasteiger partial charge in [0.15, 0.2) is 0 Å². The quantitative estimate of drug-likeness (QED) is 0.722. The molecule has 0 bridgehead atoms. The van der Waals surface area contributed by atoms with Crippen LogP contribution in [0.1, 0.15) is 41.0 Å². The van der Waals surface area contributed by atoms with Crippen LogP contribution >= 0.6 is 0 Å². The van der Waals surface area contributed by atoms with Gasteiger partial charge in [-0.3, -0.25) is 5.32 Å². The highest BCUT2D eigenvalue weighted by Gasteiger charge is 2.16. The summed E-state index contributed by atoms with van der Waals surface area (Å²) in [5, 5.41) is 5.93. The molecule has 2 atom stereocenters. The number of alkyl carbamates (subject to hydrolysis) is 1. The first-order valence-corrected chi connectivity index (χ1v) is 5.97. The third kappa shape index (κ3) is 8.58. The monoisotopic (exact) mass is 240 g/mol. The molecule has 0 rings (SSSR count). The predicted octanol–water partition coefficient (Wildman–Crippen LogP) is 1.90. The molecule has 0 aromatic rings. The molecule has 2 N–H and O–H groups in total. The average molecular weight is 240 g/mol. The number of carbonyl (C=O) groups excluding carboxylic acids is 1. The molecule has 1 amide bonds. The number of carbonyl (C=O) groups is 1. The Morgan fingerprint density at radius 3 is 2.47 bits per heavy atom. The number of ether oxygens (including phenoxy) is 1. The van der Waals surface area contributed by atoms with Crippen molar-refractivity contribution < 1.29 is 9.53 Å². The lowest BCUT2D eigenvalue weighted by Crippen LogP contribution is -2.44. The van der Waals surface area contributed by atoms with Crippen molar-refractivity contribution in [3.05, 3.63) is 0 Å². The van der Waals surface area contributed by atoms with E-state index >= 15 is 0 Å². The molecule has 4 nitrogen and oxygen atoms in total. The summed E-state index contributed by atoms with van der Waals surface area (Å²) < 4.78 is 5.13. The van der Waals surface area contributed by atoms with Crippen LogP contribution in [0.3, 0.4) is 0 Å². The Hall–Kier alpha value is -1.21. The summed E-state index contributed by atoms with van der Waals surface area (Å²) in [5.41, 5.74) is -0.467. The fourth-order valence-corrected chi connectivity index (χ4v) is 1.24. The van der Waals surface area contributed by atoms with Crippen LogP contribution < -0.4 is 10.6 Å². The van der Waals surface area contributed by atoms with Gasteiger partial charge in [-0.05, 0) is 34.1 Å². The summed E-state index contributed by atoms with van der Waals surface area (Å²) in [6, 6.07) is 0.161. The van der Waals surface area contributed by atoms with Gasteiger partial charge in [-0.15, -0.1) is 6.42 Å². The van der Waals surface area contributed by atoms with Crippen LogP contribution in [0.2, 0.25) is 0 Å². The molecular formula is C13H24N2O2. The van der Waals surface area contributed by atoms with Crippen molar-refractivity contribution in [1.29, 1.82) is 0 Å². The van der Waals surface area contributed by atoms with Crippen LogP contribution in [0.15, 0.2) is 0 Å². The lowest BCUT2D eigenvalue weighted by molar-refractivity contribution is 0.0523. The number of nitrogens with one attached hydrogen (secondary N) is 2. The molecule has 17 heavy (non-hydrogen) atoms. The van der Waals surface area contributed by atoms with Gasteiger partial charge in [-0.1, -0.05) is 12.8 Å². The number of hydrogen-bond acceptors (Lipinski definition) is 3. The molecular weight excluding hydrogens is 216 g/mol. The molecule has 0 aliphatic rings. The first-order valence-electron chi connectivity index (χ1n) is 5.97. The van der Waals surface area contributed by atoms with E-state index in [0.717, 1.165) is 6.42 Å². The summed E-state index contributed by atoms with van der Waals surface area (Å²) in [7, 11) is 0. The molecule has 0 aromatic carbocycles. The van der Waals surface area contributed by atoms with Crippen LogP contribution in [0.25, 0.3) is 0 Å². The highest BCUT2D eigenvalue weighted by atomic mass is 16.6. The van der Waals surface area contributed by atoms with E-state index in [1.807, 2.05) is 34.6 Å². The van der Waals surface area contributed by atoms with Crippen LogP contribution in [-0.4, -0.2) is 30.3 Å². The van der Waals surface area contributed by atoms with Crippen molar-refractivity contribution in [3.8, 4) is 12.3 Å². The summed E-state index contributed by atoms with van der Waals surface area (Å²) in [6.07, 6.45) is 5.81. The van der Waals surface area contributed by atoms with Crippen LogP contribution in [0.5, 0.6) is 0 Å². The Bertz CT molecular complexity index is 276. The van der Waals surface area contributed by atoms with E-state index in [1.165, 1.54) is 0 Å². The maximum Gasteiger partial charge on any atom is 0.407 e. The van der Waals surface area contributed by atoms with E-state index in [-0.39, 0.29) is 12.1 Å². The fraction of sp³-hybridized carbons (Fsp3) is 0.769. The number of hydrogen-bond donors (Lipinski definition) is 2. The first-order chi connectivity index (χ1) is 7.78. The molecule has 0 saturated carbocycles. The maximum absolute atomic E-state index is 11.4. The van der Waals surface area contributed by atoms with Crippen molar-refractivity contribution in [2.24, 2.45) is 0 Å². The lowest BCUT2D eigenvalue weighted by Gasteiger charge is -2.22. The Kier molecular flexibility index (Phi) is 6.67. The third-order valence-corrected chi connectivity index (χ3v) is 2.05. The molecule has 0 spiro atoms. The van der Waals surface area contributed by atoms with Gasteiger partial charge in [0.25, 0.3) is 0 Å². The first kappa shape index (κ1) is 15.8. The minimum absolute atomic E-state index is 0.0467. The summed E-state index contributed by atoms with van der Waals surface area (Å²) in [5.74, 6) is 2.65. The van der Waals surface area contributed by atoms with Gasteiger partial charge < -0.3 is 10.1 Å². The zero-order valence-corrected chi connectivity index (χ0v) is 11.5. The Balaban J connectivity index is 3.89. The van der Waals surface area contributed by atoms with Gasteiger partial charge in [-0.2, -0.15) is 0 Å². The van der Waals surface area contributed by atoms with Gasteiger partial charge in [0.2, 0.25) is 0 Å². The van der Waals surface area contributed by atoms with Gasteiger partial charge in [0.1, 0.15) is 5.60 Å². The van der Waals surface area contributed by atoms with Gasteiger partial charge in [0.05, 0.1) is 6.04 Å². The topological polar surface area (TPSA) is 50.4 Å². The Morgan fingerprint density at radius 1 is 1.47 bits per heavy atom. The summed E-state index contributed by atoms with van der Waals surface area (Å²) in [4.78, 5) is 11.4. The lowest BCUT2D eigenvalue weighted by atomic mass is 10.2. The second kappa shape index (κ2) is 7.18. The number of rotatable bonds is 5. The van der Waals surface area contributed by atoms with E-state index < -0.39 is 11.7 Å². The molecule has 98 valence electrons. The number of terminal acetylenes is 1. The Morgan fingerprint density at radius 2 is 2.06 bits per heavy atom. The van der Waals surface area contributed by atoms with Crippen molar-refractivity contribution in [3.63, 3.8) is 0 Å². The van der Waals surface area contributed by atoms with Gasteiger partial charge in [-0.25, -0.2) is 4.79 Å². The predicted molar refractivity (Wildman–Crippen MR) is 69.7 cm³/mol. The molecule has 0 aliphatic carbocycles. The molecule has 4 heteroatoms. The molecule has 0 radical (unpaired) electrons. The second-order valence-corrected chi connectivity index (χ2v) is 5.08. The Labute approximate surface area is 104 Å². The summed E-state index contributed by atoms with van der Waals surface area (Å²) >= 11 is 0. The normalized spacial score (nSPS) is 14.6. The smallest absolute Gasteiger partial charge is 0.407 e. The van der Waals surface area contributed by atoms with E-state index in [0.29, 0.717) is 6.54 Å². The molecule has 0 heterocycles. The van der Waals surface area contributed by atoms with Gasteiger partial charge in [0, 0.05) is 12.6 Å². The zero-order chi connectivity index (χ0) is 13.5. The molecule has 0 fully saturated rings. The summed E-state index contributed by atoms with van der Waals surface area (Å²) in [6.45, 7) is 9.98. The molecule has 0 aliphatic heterocycles. The van der Waals surface area contributed by atoms with Crippen molar-refractivity contribution in [2.75, 3.05) is 6.54 Å². The second-order valence-electron chi connectivity index (χ2n) is 5.08. The fourth-order valence-electron chi connectivity index (χ4n) is 1.24. The maximum atomic E-state index is 11.4. The standard InChI is InChI=1S/C13H24N2O2/c1-7-11(8-2)15-10(3)9-14-12(16)17-13(4,5)6/h1,10-11,15H,8-9H2,2-6H3,(H,14,16). The van der Waals surface area contributed by atoms with E-state index in [2.05, 4.69) is 16.6 Å². The number of amides is 1. The van der Waals surface area contributed by atoms with Crippen LogP contribution in [0, 0.1) is 12.3 Å². The minimum atomic E-state index is -0.467. The van der Waals surface area contributed by atoms with Gasteiger partial charge >= 0.3 is 6.09 Å². The van der Waals surface area contributed by atoms with E-state index in [4.69, 9.17) is 11.2 Å². The largest absolute Gasteiger partial charge is 0.444 e. The SMILES string of the molecule is C#CC(CC)NC(C)CNC(=O)OC(C)(C)C. The van der Waals surface area contributed by atoms with Crippen molar-refractivity contribution >= 4 is 6.09 Å². The van der Waals surface area contributed by atoms with Crippen molar-refractivity contribution in [2.45, 2.75) is 58.7 Å². The van der Waals surface area contributed by atoms with Crippen molar-refractivity contribution in [1.82, 2.24) is 10.6 Å². The zero-order valence-electron chi connectivity index (χ0n) is 11.5. The molecule has 2 unspecified atom stereocenters. The van der Waals surface area contributed by atoms with E-state index in [1.54, 1.807) is 0 Å². The third-order valence-electron chi connectivity index (χ3n) is 2.05. The minimum Gasteiger partial charge on any atom is -0.444 e. The van der Waals surface area contributed by atoms with Crippen LogP contribution in [-0.2, 0) is 4.74 Å². The average Bonchev–Trinajstić information content (AvgIpc) is 2.20. The highest BCUT2D eigenvalue weighted by molar-refractivity contribution is 5.67. The van der Waals surface area contributed by atoms with Crippen LogP contribution in [0.4, 0.5) is 4.79 Å². The molecule has 0 saturated heterocycles. The highest BCUT2D eigenvalue weighted by Crippen LogP contribution is 2.06.